The Bertz CT molecular complexity index is 741. The van der Waals surface area contributed by atoms with Crippen LogP contribution in [0.1, 0.15) is 24.1 Å². The maximum atomic E-state index is 5.35. The van der Waals surface area contributed by atoms with Gasteiger partial charge in [-0.05, 0) is 38.0 Å². The fourth-order valence-electron chi connectivity index (χ4n) is 2.44. The van der Waals surface area contributed by atoms with E-state index in [0.29, 0.717) is 6.54 Å². The molecule has 1 aromatic heterocycles. The topological polar surface area (TPSA) is 85.6 Å². The summed E-state index contributed by atoms with van der Waals surface area (Å²) in [5, 5.41) is 14.8. The van der Waals surface area contributed by atoms with E-state index in [1.165, 1.54) is 0 Å². The molecule has 0 bridgehead atoms. The third-order valence-corrected chi connectivity index (χ3v) is 4.06. The van der Waals surface area contributed by atoms with Gasteiger partial charge in [0.25, 0.3) is 0 Å². The monoisotopic (exact) mass is 360 g/mol. The molecule has 0 fully saturated rings. The van der Waals surface area contributed by atoms with Crippen LogP contribution < -0.4 is 20.1 Å². The van der Waals surface area contributed by atoms with E-state index in [0.717, 1.165) is 54.2 Å². The fraction of sp³-hybridized carbons (Fsp3) is 0.500. The molecule has 8 nitrogen and oxygen atoms in total. The molecule has 142 valence electrons. The summed E-state index contributed by atoms with van der Waals surface area (Å²) in [5.41, 5.74) is 1.16. The zero-order valence-corrected chi connectivity index (χ0v) is 16.2. The molecule has 26 heavy (non-hydrogen) atoms. The highest BCUT2D eigenvalue weighted by Gasteiger charge is 2.06. The Kier molecular flexibility index (Phi) is 7.25. The standard InChI is InChI=1S/C18H28N6O2/c1-6-19-18(21-12-17-23-22-13(2)24(17)3)20-10-9-14-7-8-15(25-4)16(11-14)26-5/h7-8,11H,6,9-10,12H2,1-5H3,(H2,19,20,21). The van der Waals surface area contributed by atoms with E-state index < -0.39 is 0 Å². The predicted octanol–water partition coefficient (Wildman–Crippen LogP) is 1.44. The number of benzene rings is 1. The summed E-state index contributed by atoms with van der Waals surface area (Å²) >= 11 is 0. The van der Waals surface area contributed by atoms with Crippen molar-refractivity contribution in [1.82, 2.24) is 25.4 Å². The largest absolute Gasteiger partial charge is 0.493 e. The van der Waals surface area contributed by atoms with E-state index in [2.05, 4.69) is 25.8 Å². The van der Waals surface area contributed by atoms with Crippen LogP contribution in [0.25, 0.3) is 0 Å². The molecule has 0 saturated heterocycles. The van der Waals surface area contributed by atoms with Crippen molar-refractivity contribution < 1.29 is 9.47 Å². The first-order valence-electron chi connectivity index (χ1n) is 8.67. The summed E-state index contributed by atoms with van der Waals surface area (Å²) in [6, 6.07) is 5.95. The number of guanidine groups is 1. The Morgan fingerprint density at radius 1 is 1.15 bits per heavy atom. The van der Waals surface area contributed by atoms with Gasteiger partial charge >= 0.3 is 0 Å². The quantitative estimate of drug-likeness (QED) is 0.547. The molecule has 2 N–H and O–H groups in total. The Morgan fingerprint density at radius 3 is 2.54 bits per heavy atom. The number of ether oxygens (including phenoxy) is 2. The SMILES string of the molecule is CCNC(=NCc1nnc(C)n1C)NCCc1ccc(OC)c(OC)c1. The van der Waals surface area contributed by atoms with Gasteiger partial charge < -0.3 is 24.7 Å². The Morgan fingerprint density at radius 2 is 1.92 bits per heavy atom. The van der Waals surface area contributed by atoms with Crippen LogP contribution in [-0.4, -0.2) is 48.0 Å². The molecule has 0 spiro atoms. The summed E-state index contributed by atoms with van der Waals surface area (Å²) < 4.78 is 12.6. The Hall–Kier alpha value is -2.77. The Labute approximate surface area is 154 Å². The van der Waals surface area contributed by atoms with Gasteiger partial charge in [-0.2, -0.15) is 0 Å². The molecular weight excluding hydrogens is 332 g/mol. The van der Waals surface area contributed by atoms with Gasteiger partial charge in [-0.3, -0.25) is 0 Å². The predicted molar refractivity (Wildman–Crippen MR) is 102 cm³/mol. The molecule has 8 heteroatoms. The molecule has 0 amide bonds. The molecule has 0 atom stereocenters. The zero-order chi connectivity index (χ0) is 18.9. The second-order valence-electron chi connectivity index (χ2n) is 5.78. The second-order valence-corrected chi connectivity index (χ2v) is 5.78. The number of rotatable bonds is 8. The Balaban J connectivity index is 1.94. The highest BCUT2D eigenvalue weighted by atomic mass is 16.5. The van der Waals surface area contributed by atoms with Gasteiger partial charge in [0.2, 0.25) is 0 Å². The molecule has 0 unspecified atom stereocenters. The second kappa shape index (κ2) is 9.65. The van der Waals surface area contributed by atoms with Crippen molar-refractivity contribution in [1.29, 1.82) is 0 Å². The molecule has 0 radical (unpaired) electrons. The van der Waals surface area contributed by atoms with Gasteiger partial charge in [-0.25, -0.2) is 4.99 Å². The highest BCUT2D eigenvalue weighted by Crippen LogP contribution is 2.27. The molecule has 2 aromatic rings. The van der Waals surface area contributed by atoms with Crippen molar-refractivity contribution in [3.63, 3.8) is 0 Å². The molecule has 1 aromatic carbocycles. The van der Waals surface area contributed by atoms with Crippen molar-refractivity contribution in [2.75, 3.05) is 27.3 Å². The van der Waals surface area contributed by atoms with E-state index in [4.69, 9.17) is 9.47 Å². The number of aromatic nitrogens is 3. The first kappa shape index (κ1) is 19.6. The van der Waals surface area contributed by atoms with Crippen LogP contribution in [0.4, 0.5) is 0 Å². The molecule has 0 aliphatic rings. The lowest BCUT2D eigenvalue weighted by atomic mass is 10.1. The number of aliphatic imine (C=N–C) groups is 1. The van der Waals surface area contributed by atoms with Crippen molar-refractivity contribution in [2.24, 2.45) is 12.0 Å². The first-order valence-corrected chi connectivity index (χ1v) is 8.67. The van der Waals surface area contributed by atoms with Gasteiger partial charge in [-0.1, -0.05) is 6.07 Å². The number of aryl methyl sites for hydroxylation is 1. The van der Waals surface area contributed by atoms with Crippen LogP contribution in [0.5, 0.6) is 11.5 Å². The van der Waals surface area contributed by atoms with Crippen LogP contribution in [0.15, 0.2) is 23.2 Å². The summed E-state index contributed by atoms with van der Waals surface area (Å²) in [4.78, 5) is 4.58. The molecule has 0 aliphatic heterocycles. The van der Waals surface area contributed by atoms with Gasteiger partial charge in [0, 0.05) is 20.1 Å². The number of nitrogens with zero attached hydrogens (tertiary/aromatic N) is 4. The molecular formula is C18H28N6O2. The van der Waals surface area contributed by atoms with Gasteiger partial charge in [0.15, 0.2) is 23.3 Å². The number of nitrogens with one attached hydrogen (secondary N) is 2. The van der Waals surface area contributed by atoms with Crippen molar-refractivity contribution in [3.05, 3.63) is 35.4 Å². The average molecular weight is 360 g/mol. The van der Waals surface area contributed by atoms with Gasteiger partial charge in [0.05, 0.1) is 14.2 Å². The maximum Gasteiger partial charge on any atom is 0.191 e. The molecule has 2 rings (SSSR count). The van der Waals surface area contributed by atoms with E-state index in [1.807, 2.05) is 43.7 Å². The minimum Gasteiger partial charge on any atom is -0.493 e. The minimum atomic E-state index is 0.475. The maximum absolute atomic E-state index is 5.35. The van der Waals surface area contributed by atoms with E-state index in [1.54, 1.807) is 14.2 Å². The van der Waals surface area contributed by atoms with Crippen LogP contribution in [-0.2, 0) is 20.0 Å². The average Bonchev–Trinajstić information content (AvgIpc) is 2.97. The first-order chi connectivity index (χ1) is 12.6. The lowest BCUT2D eigenvalue weighted by Gasteiger charge is -2.12. The molecule has 0 saturated carbocycles. The van der Waals surface area contributed by atoms with Crippen LogP contribution in [0, 0.1) is 6.92 Å². The van der Waals surface area contributed by atoms with Gasteiger partial charge in [-0.15, -0.1) is 10.2 Å². The fourth-order valence-corrected chi connectivity index (χ4v) is 2.44. The summed E-state index contributed by atoms with van der Waals surface area (Å²) in [6.07, 6.45) is 0.841. The van der Waals surface area contributed by atoms with E-state index in [9.17, 15) is 0 Å². The van der Waals surface area contributed by atoms with Crippen molar-refractivity contribution >= 4 is 5.96 Å². The van der Waals surface area contributed by atoms with E-state index >= 15 is 0 Å². The summed E-state index contributed by atoms with van der Waals surface area (Å²) in [6.45, 7) is 5.98. The van der Waals surface area contributed by atoms with Gasteiger partial charge in [0.1, 0.15) is 12.4 Å². The highest BCUT2D eigenvalue weighted by molar-refractivity contribution is 5.79. The number of hydrogen-bond donors (Lipinski definition) is 2. The minimum absolute atomic E-state index is 0.475. The third-order valence-electron chi connectivity index (χ3n) is 4.06. The van der Waals surface area contributed by atoms with E-state index in [-0.39, 0.29) is 0 Å². The lowest BCUT2D eigenvalue weighted by molar-refractivity contribution is 0.354. The van der Waals surface area contributed by atoms with Crippen molar-refractivity contribution in [2.45, 2.75) is 26.8 Å². The van der Waals surface area contributed by atoms with Crippen LogP contribution >= 0.6 is 0 Å². The smallest absolute Gasteiger partial charge is 0.191 e. The number of hydrogen-bond acceptors (Lipinski definition) is 5. The van der Waals surface area contributed by atoms with Crippen LogP contribution in [0.3, 0.4) is 0 Å². The summed E-state index contributed by atoms with van der Waals surface area (Å²) in [5.74, 6) is 3.94. The van der Waals surface area contributed by atoms with Crippen molar-refractivity contribution in [3.8, 4) is 11.5 Å². The molecule has 1 heterocycles. The normalized spacial score (nSPS) is 11.3. The molecule has 0 aliphatic carbocycles. The number of methoxy groups -OCH3 is 2. The van der Waals surface area contributed by atoms with Crippen LogP contribution in [0.2, 0.25) is 0 Å². The zero-order valence-electron chi connectivity index (χ0n) is 16.2. The summed E-state index contributed by atoms with van der Waals surface area (Å²) in [7, 11) is 5.22. The lowest BCUT2D eigenvalue weighted by Crippen LogP contribution is -2.38. The third kappa shape index (κ3) is 5.11.